The Morgan fingerprint density at radius 1 is 1.43 bits per heavy atom. The number of thiophene rings is 1. The van der Waals surface area contributed by atoms with Crippen molar-refractivity contribution in [1.82, 2.24) is 15.8 Å². The summed E-state index contributed by atoms with van der Waals surface area (Å²) < 4.78 is 0. The molecule has 0 bridgehead atoms. The van der Waals surface area contributed by atoms with Crippen LogP contribution in [0.15, 0.2) is 17.5 Å². The normalized spacial score (nSPS) is 22.0. The molecule has 114 valence electrons. The monoisotopic (exact) mass is 311 g/mol. The largest absolute Gasteiger partial charge is 0.480 e. The zero-order valence-corrected chi connectivity index (χ0v) is 12.4. The fourth-order valence-corrected chi connectivity index (χ4v) is 2.94. The molecule has 2 heterocycles. The summed E-state index contributed by atoms with van der Waals surface area (Å²) in [5.41, 5.74) is 3.60. The maximum absolute atomic E-state index is 11.8. The van der Waals surface area contributed by atoms with Gasteiger partial charge in [0.15, 0.2) is 0 Å². The summed E-state index contributed by atoms with van der Waals surface area (Å²) in [4.78, 5) is 36.9. The molecule has 0 aromatic carbocycles. The summed E-state index contributed by atoms with van der Waals surface area (Å²) in [6.07, 6.45) is 1.24. The smallest absolute Gasteiger partial charge is 0.323 e. The first kappa shape index (κ1) is 15.5. The van der Waals surface area contributed by atoms with Crippen LogP contribution in [0.25, 0.3) is 0 Å². The van der Waals surface area contributed by atoms with Gasteiger partial charge in [-0.05, 0) is 37.8 Å². The minimum atomic E-state index is -1.02. The molecule has 1 atom stereocenters. The fourth-order valence-electron chi connectivity index (χ4n) is 2.32. The molecule has 0 saturated carbocycles. The van der Waals surface area contributed by atoms with Gasteiger partial charge in [0, 0.05) is 0 Å². The van der Waals surface area contributed by atoms with Crippen molar-refractivity contribution in [2.75, 3.05) is 13.1 Å². The van der Waals surface area contributed by atoms with E-state index >= 15 is 0 Å². The van der Waals surface area contributed by atoms with Crippen molar-refractivity contribution >= 4 is 29.1 Å². The minimum Gasteiger partial charge on any atom is -0.480 e. The van der Waals surface area contributed by atoms with Crippen LogP contribution in [0.1, 0.15) is 29.4 Å². The topological polar surface area (TPSA) is 98.7 Å². The van der Waals surface area contributed by atoms with Gasteiger partial charge >= 0.3 is 5.97 Å². The van der Waals surface area contributed by atoms with Gasteiger partial charge < -0.3 is 5.11 Å². The summed E-state index contributed by atoms with van der Waals surface area (Å²) in [6.45, 7) is 2.10. The second kappa shape index (κ2) is 6.23. The predicted octanol–water partition coefficient (Wildman–Crippen LogP) is 0.448. The summed E-state index contributed by atoms with van der Waals surface area (Å²) in [7, 11) is 0. The van der Waals surface area contributed by atoms with Crippen LogP contribution in [0.2, 0.25) is 0 Å². The van der Waals surface area contributed by atoms with E-state index in [1.807, 2.05) is 0 Å². The third kappa shape index (κ3) is 3.40. The van der Waals surface area contributed by atoms with Gasteiger partial charge in [0.05, 0.1) is 11.4 Å². The molecule has 1 unspecified atom stereocenters. The number of hydrazine groups is 1. The zero-order valence-electron chi connectivity index (χ0n) is 11.6. The fraction of sp³-hybridized carbons (Fsp3) is 0.462. The second-order valence-electron chi connectivity index (χ2n) is 5.08. The van der Waals surface area contributed by atoms with Crippen LogP contribution in [0.3, 0.4) is 0 Å². The van der Waals surface area contributed by atoms with E-state index < -0.39 is 17.4 Å². The average Bonchev–Trinajstić information content (AvgIpc) is 3.07. The Morgan fingerprint density at radius 2 is 2.19 bits per heavy atom. The lowest BCUT2D eigenvalue weighted by molar-refractivity contribution is -0.149. The Morgan fingerprint density at radius 3 is 2.81 bits per heavy atom. The minimum absolute atomic E-state index is 0.0620. The maximum atomic E-state index is 11.8. The van der Waals surface area contributed by atoms with Crippen LogP contribution in [0, 0.1) is 0 Å². The first-order valence-electron chi connectivity index (χ1n) is 6.54. The van der Waals surface area contributed by atoms with E-state index in [0.29, 0.717) is 17.8 Å². The number of hydrogen-bond donors (Lipinski definition) is 3. The van der Waals surface area contributed by atoms with Crippen molar-refractivity contribution in [2.24, 2.45) is 0 Å². The highest BCUT2D eigenvalue weighted by atomic mass is 32.1. The lowest BCUT2D eigenvalue weighted by Crippen LogP contribution is -2.53. The van der Waals surface area contributed by atoms with Gasteiger partial charge in [-0.25, -0.2) is 0 Å². The highest BCUT2D eigenvalue weighted by Crippen LogP contribution is 2.28. The first-order chi connectivity index (χ1) is 9.93. The molecule has 0 aliphatic carbocycles. The Bertz CT molecular complexity index is 546. The number of nitrogens with zero attached hydrogens (tertiary/aromatic N) is 1. The molecule has 3 N–H and O–H groups in total. The number of carbonyl (C=O) groups excluding carboxylic acids is 2. The SMILES string of the molecule is CC1(C(=O)O)CCCN1CC(=O)NNC(=O)c1cccs1. The van der Waals surface area contributed by atoms with Gasteiger partial charge in [-0.3, -0.25) is 30.1 Å². The molecule has 2 amide bonds. The molecule has 1 aromatic heterocycles. The summed E-state index contributed by atoms with van der Waals surface area (Å²) in [5, 5.41) is 11.0. The van der Waals surface area contributed by atoms with Crippen LogP contribution >= 0.6 is 11.3 Å². The van der Waals surface area contributed by atoms with Crippen molar-refractivity contribution in [3.8, 4) is 0 Å². The molecule has 1 saturated heterocycles. The Balaban J connectivity index is 1.85. The summed E-state index contributed by atoms with van der Waals surface area (Å²) in [6, 6.07) is 3.39. The molecule has 21 heavy (non-hydrogen) atoms. The number of carboxylic acids is 1. The van der Waals surface area contributed by atoms with Crippen molar-refractivity contribution in [3.63, 3.8) is 0 Å². The standard InChI is InChI=1S/C13H17N3O4S/c1-13(12(19)20)5-3-6-16(13)8-10(17)14-15-11(18)9-4-2-7-21-9/h2,4,7H,3,5-6,8H2,1H3,(H,14,17)(H,15,18)(H,19,20). The quantitative estimate of drug-likeness (QED) is 0.701. The Hall–Kier alpha value is -1.93. The lowest BCUT2D eigenvalue weighted by Gasteiger charge is -2.30. The van der Waals surface area contributed by atoms with E-state index in [1.165, 1.54) is 11.3 Å². The van der Waals surface area contributed by atoms with Crippen LogP contribution in [-0.2, 0) is 9.59 Å². The number of rotatable bonds is 4. The van der Waals surface area contributed by atoms with E-state index in [-0.39, 0.29) is 12.5 Å². The van der Waals surface area contributed by atoms with Gasteiger partial charge in [-0.15, -0.1) is 11.3 Å². The summed E-state index contributed by atoms with van der Waals surface area (Å²) in [5.74, 6) is -1.76. The van der Waals surface area contributed by atoms with Gasteiger partial charge in [0.2, 0.25) is 0 Å². The van der Waals surface area contributed by atoms with Crippen molar-refractivity contribution < 1.29 is 19.5 Å². The van der Waals surface area contributed by atoms with Gasteiger partial charge in [0.25, 0.3) is 11.8 Å². The molecule has 0 radical (unpaired) electrons. The lowest BCUT2D eigenvalue weighted by atomic mass is 9.99. The third-order valence-electron chi connectivity index (χ3n) is 3.65. The molecule has 2 rings (SSSR count). The first-order valence-corrected chi connectivity index (χ1v) is 7.42. The highest BCUT2D eigenvalue weighted by molar-refractivity contribution is 7.12. The molecule has 7 nitrogen and oxygen atoms in total. The molecule has 8 heteroatoms. The number of aliphatic carboxylic acids is 1. The molecular formula is C13H17N3O4S. The van der Waals surface area contributed by atoms with Gasteiger partial charge in [0.1, 0.15) is 5.54 Å². The molecule has 0 spiro atoms. The average molecular weight is 311 g/mol. The molecular weight excluding hydrogens is 294 g/mol. The van der Waals surface area contributed by atoms with E-state index in [9.17, 15) is 19.5 Å². The van der Waals surface area contributed by atoms with E-state index in [1.54, 1.807) is 29.3 Å². The number of nitrogens with one attached hydrogen (secondary N) is 2. The van der Waals surface area contributed by atoms with Crippen LogP contribution in [-0.4, -0.2) is 46.4 Å². The van der Waals surface area contributed by atoms with Crippen molar-refractivity contribution in [1.29, 1.82) is 0 Å². The van der Waals surface area contributed by atoms with Crippen LogP contribution in [0.5, 0.6) is 0 Å². The highest BCUT2D eigenvalue weighted by Gasteiger charge is 2.43. The summed E-state index contributed by atoms with van der Waals surface area (Å²) >= 11 is 1.27. The zero-order chi connectivity index (χ0) is 15.5. The number of carbonyl (C=O) groups is 3. The molecule has 1 aliphatic heterocycles. The van der Waals surface area contributed by atoms with Gasteiger partial charge in [-0.1, -0.05) is 6.07 Å². The van der Waals surface area contributed by atoms with E-state index in [2.05, 4.69) is 10.9 Å². The number of carboxylic acid groups (broad SMARTS) is 1. The van der Waals surface area contributed by atoms with E-state index in [4.69, 9.17) is 0 Å². The van der Waals surface area contributed by atoms with Crippen LogP contribution < -0.4 is 10.9 Å². The molecule has 1 fully saturated rings. The second-order valence-corrected chi connectivity index (χ2v) is 6.03. The molecule has 1 aromatic rings. The number of likely N-dealkylation sites (tertiary alicyclic amines) is 1. The van der Waals surface area contributed by atoms with Crippen molar-refractivity contribution in [3.05, 3.63) is 22.4 Å². The number of hydrogen-bond acceptors (Lipinski definition) is 5. The number of amides is 2. The van der Waals surface area contributed by atoms with E-state index in [0.717, 1.165) is 6.42 Å². The predicted molar refractivity (Wildman–Crippen MR) is 76.8 cm³/mol. The maximum Gasteiger partial charge on any atom is 0.323 e. The third-order valence-corrected chi connectivity index (χ3v) is 4.51. The van der Waals surface area contributed by atoms with Gasteiger partial charge in [-0.2, -0.15) is 0 Å². The van der Waals surface area contributed by atoms with Crippen molar-refractivity contribution in [2.45, 2.75) is 25.3 Å². The Kier molecular flexibility index (Phi) is 4.59. The Labute approximate surface area is 125 Å². The molecule has 1 aliphatic rings. The van der Waals surface area contributed by atoms with Crippen LogP contribution in [0.4, 0.5) is 0 Å².